The van der Waals surface area contributed by atoms with Crippen molar-refractivity contribution in [1.82, 2.24) is 15.3 Å². The summed E-state index contributed by atoms with van der Waals surface area (Å²) in [6, 6.07) is 11.7. The quantitative estimate of drug-likeness (QED) is 0.256. The van der Waals surface area contributed by atoms with Gasteiger partial charge in [-0.2, -0.15) is 4.98 Å². The second-order valence-corrected chi connectivity index (χ2v) is 13.1. The molecule has 0 aliphatic carbocycles. The van der Waals surface area contributed by atoms with E-state index in [0.29, 0.717) is 12.1 Å². The fraction of sp³-hybridized carbons (Fsp3) is 0.400. The number of carbonyl (C=O) groups is 2. The molecule has 0 fully saturated rings. The highest BCUT2D eigenvalue weighted by molar-refractivity contribution is 7.92. The van der Waals surface area contributed by atoms with E-state index in [2.05, 4.69) is 20.0 Å². The molecule has 3 N–H and O–H groups in total. The molecule has 1 amide bonds. The fourth-order valence-electron chi connectivity index (χ4n) is 4.24. The van der Waals surface area contributed by atoms with Crippen molar-refractivity contribution in [3.8, 4) is 17.1 Å². The maximum absolute atomic E-state index is 13.2. The van der Waals surface area contributed by atoms with Crippen molar-refractivity contribution in [1.29, 1.82) is 0 Å². The molecule has 1 atom stereocenters. The lowest BCUT2D eigenvalue weighted by atomic mass is 10.00. The molecule has 0 spiro atoms. The van der Waals surface area contributed by atoms with E-state index in [9.17, 15) is 18.0 Å². The lowest BCUT2D eigenvalue weighted by molar-refractivity contribution is 0.0478. The number of nitrogens with one attached hydrogen (secondary N) is 2. The summed E-state index contributed by atoms with van der Waals surface area (Å²) in [6.45, 7) is 13.2. The summed E-state index contributed by atoms with van der Waals surface area (Å²) in [6.07, 6.45) is 0.0259. The minimum Gasteiger partial charge on any atom is -0.478 e. The van der Waals surface area contributed by atoms with Gasteiger partial charge in [0.25, 0.3) is 10.0 Å². The van der Waals surface area contributed by atoms with E-state index >= 15 is 0 Å². The van der Waals surface area contributed by atoms with Crippen LogP contribution in [0.1, 0.15) is 62.5 Å². The number of aryl methyl sites for hydroxylation is 2. The van der Waals surface area contributed by atoms with Crippen LogP contribution in [-0.4, -0.2) is 53.8 Å². The molecule has 0 saturated carbocycles. The number of carboxylic acid groups (broad SMARTS) is 1. The van der Waals surface area contributed by atoms with E-state index in [1.165, 1.54) is 24.3 Å². The second kappa shape index (κ2) is 13.2. The van der Waals surface area contributed by atoms with Gasteiger partial charge in [-0.25, -0.2) is 27.7 Å². The zero-order valence-corrected chi connectivity index (χ0v) is 25.7. The van der Waals surface area contributed by atoms with Gasteiger partial charge >= 0.3 is 12.1 Å². The standard InChI is InChI=1S/C30H38N4O7S/c1-18(2)15-22(31-29(37)41-30(5,6)7)17-40-25-16-24(26-19(3)9-8-10-20(26)4)32-28(33-25)34-42(38,39)23-13-11-21(12-14-23)27(35)36/h8-14,16,18,22H,15,17H2,1-7H3,(H,31,37)(H,35,36)(H,32,33,34)/t22-/m1/s1. The molecular weight excluding hydrogens is 560 g/mol. The molecule has 0 unspecified atom stereocenters. The molecule has 12 heteroatoms. The number of carboxylic acids is 1. The molecule has 0 aliphatic heterocycles. The van der Waals surface area contributed by atoms with Gasteiger partial charge in [-0.1, -0.05) is 32.0 Å². The Bertz CT molecular complexity index is 1510. The van der Waals surface area contributed by atoms with Crippen LogP contribution in [0.2, 0.25) is 0 Å². The molecule has 3 rings (SSSR count). The number of rotatable bonds is 11. The minimum atomic E-state index is -4.17. The number of hydrogen-bond acceptors (Lipinski definition) is 8. The Morgan fingerprint density at radius 3 is 2.17 bits per heavy atom. The summed E-state index contributed by atoms with van der Waals surface area (Å²) in [4.78, 5) is 32.3. The van der Waals surface area contributed by atoms with Crippen molar-refractivity contribution in [2.75, 3.05) is 11.3 Å². The van der Waals surface area contributed by atoms with Gasteiger partial charge in [-0.3, -0.25) is 0 Å². The van der Waals surface area contributed by atoms with Gasteiger partial charge < -0.3 is 19.9 Å². The second-order valence-electron chi connectivity index (χ2n) is 11.4. The molecule has 0 saturated heterocycles. The third-order valence-electron chi connectivity index (χ3n) is 5.99. The number of ether oxygens (including phenoxy) is 2. The van der Waals surface area contributed by atoms with Crippen molar-refractivity contribution < 1.29 is 32.6 Å². The number of nitrogens with zero attached hydrogens (tertiary/aromatic N) is 2. The van der Waals surface area contributed by atoms with Crippen molar-refractivity contribution in [2.45, 2.75) is 71.4 Å². The smallest absolute Gasteiger partial charge is 0.407 e. The highest BCUT2D eigenvalue weighted by atomic mass is 32.2. The first-order valence-corrected chi connectivity index (χ1v) is 15.0. The third-order valence-corrected chi connectivity index (χ3v) is 7.33. The number of carbonyl (C=O) groups excluding carboxylic acids is 1. The fourth-order valence-corrected chi connectivity index (χ4v) is 5.19. The van der Waals surface area contributed by atoms with E-state index in [1.807, 2.05) is 45.9 Å². The van der Waals surface area contributed by atoms with Crippen LogP contribution in [0.25, 0.3) is 11.3 Å². The summed E-state index contributed by atoms with van der Waals surface area (Å²) in [5.74, 6) is -1.07. The third kappa shape index (κ3) is 9.16. The Balaban J connectivity index is 1.96. The summed E-state index contributed by atoms with van der Waals surface area (Å²) in [5.41, 5.74) is 2.36. The Hall–Kier alpha value is -4.19. The van der Waals surface area contributed by atoms with Crippen molar-refractivity contribution in [3.63, 3.8) is 0 Å². The van der Waals surface area contributed by atoms with Crippen LogP contribution in [0, 0.1) is 19.8 Å². The first-order chi connectivity index (χ1) is 19.5. The van der Waals surface area contributed by atoms with Gasteiger partial charge in [0.2, 0.25) is 11.8 Å². The maximum Gasteiger partial charge on any atom is 0.407 e. The zero-order chi connectivity index (χ0) is 31.2. The van der Waals surface area contributed by atoms with Crippen LogP contribution in [-0.2, 0) is 14.8 Å². The van der Waals surface area contributed by atoms with Gasteiger partial charge in [-0.15, -0.1) is 0 Å². The lowest BCUT2D eigenvalue weighted by Gasteiger charge is -2.24. The molecular formula is C30H38N4O7S. The SMILES string of the molecule is Cc1cccc(C)c1-c1cc(OC[C@@H](CC(C)C)NC(=O)OC(C)(C)C)nc(NS(=O)(=O)c2ccc(C(=O)O)cc2)n1. The summed E-state index contributed by atoms with van der Waals surface area (Å²) >= 11 is 0. The largest absolute Gasteiger partial charge is 0.478 e. The van der Waals surface area contributed by atoms with Crippen LogP contribution in [0.4, 0.5) is 10.7 Å². The minimum absolute atomic E-state index is 0.0451. The summed E-state index contributed by atoms with van der Waals surface area (Å²) in [5, 5.41) is 12.0. The molecule has 11 nitrogen and oxygen atoms in total. The number of benzene rings is 2. The predicted octanol–water partition coefficient (Wildman–Crippen LogP) is 5.58. The van der Waals surface area contributed by atoms with E-state index < -0.39 is 33.7 Å². The number of hydrogen-bond donors (Lipinski definition) is 3. The number of aromatic nitrogens is 2. The van der Waals surface area contributed by atoms with E-state index in [-0.39, 0.29) is 34.8 Å². The summed E-state index contributed by atoms with van der Waals surface area (Å²) in [7, 11) is -4.17. The van der Waals surface area contributed by atoms with E-state index in [0.717, 1.165) is 16.7 Å². The monoisotopic (exact) mass is 598 g/mol. The molecule has 1 heterocycles. The molecule has 42 heavy (non-hydrogen) atoms. The number of alkyl carbamates (subject to hydrolysis) is 1. The Morgan fingerprint density at radius 1 is 1.00 bits per heavy atom. The average Bonchev–Trinajstić information content (AvgIpc) is 2.85. The first kappa shape index (κ1) is 32.3. The highest BCUT2D eigenvalue weighted by Crippen LogP contribution is 2.29. The normalized spacial score (nSPS) is 12.5. The highest BCUT2D eigenvalue weighted by Gasteiger charge is 2.23. The predicted molar refractivity (Wildman–Crippen MR) is 159 cm³/mol. The number of amides is 1. The first-order valence-electron chi connectivity index (χ1n) is 13.5. The van der Waals surface area contributed by atoms with Crippen LogP contribution in [0.15, 0.2) is 53.4 Å². The van der Waals surface area contributed by atoms with Gasteiger partial charge in [0.05, 0.1) is 22.2 Å². The lowest BCUT2D eigenvalue weighted by Crippen LogP contribution is -2.42. The molecule has 0 aliphatic rings. The van der Waals surface area contributed by atoms with Gasteiger partial charge in [0.1, 0.15) is 12.2 Å². The molecule has 3 aromatic rings. The van der Waals surface area contributed by atoms with Crippen LogP contribution < -0.4 is 14.8 Å². The molecule has 1 aromatic heterocycles. The van der Waals surface area contributed by atoms with E-state index in [1.54, 1.807) is 26.8 Å². The Morgan fingerprint density at radius 2 is 1.62 bits per heavy atom. The van der Waals surface area contributed by atoms with Crippen molar-refractivity contribution in [3.05, 3.63) is 65.2 Å². The van der Waals surface area contributed by atoms with Crippen molar-refractivity contribution >= 4 is 28.0 Å². The average molecular weight is 599 g/mol. The van der Waals surface area contributed by atoms with Gasteiger partial charge in [0.15, 0.2) is 0 Å². The van der Waals surface area contributed by atoms with Crippen LogP contribution in [0.5, 0.6) is 5.88 Å². The Labute approximate surface area is 246 Å². The maximum atomic E-state index is 13.2. The van der Waals surface area contributed by atoms with Crippen molar-refractivity contribution in [2.24, 2.45) is 5.92 Å². The molecule has 226 valence electrons. The number of anilines is 1. The van der Waals surface area contributed by atoms with Gasteiger partial charge in [-0.05, 0) is 82.3 Å². The zero-order valence-electron chi connectivity index (χ0n) is 24.9. The molecule has 2 aromatic carbocycles. The molecule has 0 radical (unpaired) electrons. The number of aromatic carboxylic acids is 1. The summed E-state index contributed by atoms with van der Waals surface area (Å²) < 4.78 is 40.1. The van der Waals surface area contributed by atoms with E-state index in [4.69, 9.17) is 14.6 Å². The van der Waals surface area contributed by atoms with Gasteiger partial charge in [0, 0.05) is 11.6 Å². The Kier molecular flexibility index (Phi) is 10.2. The topological polar surface area (TPSA) is 157 Å². The van der Waals surface area contributed by atoms with Crippen LogP contribution >= 0.6 is 0 Å². The van der Waals surface area contributed by atoms with Crippen LogP contribution in [0.3, 0.4) is 0 Å². The number of sulfonamides is 1. The molecule has 0 bridgehead atoms.